The van der Waals surface area contributed by atoms with Gasteiger partial charge in [-0.05, 0) is 12.1 Å². The van der Waals surface area contributed by atoms with Crippen LogP contribution in [0.25, 0.3) is 11.0 Å². The summed E-state index contributed by atoms with van der Waals surface area (Å²) in [5.74, 6) is 3.24. The number of fused-ring (bicyclic) bond motifs is 1. The first-order valence-corrected chi connectivity index (χ1v) is 7.32. The normalized spacial score (nSPS) is 11.2. The van der Waals surface area contributed by atoms with Crippen LogP contribution >= 0.6 is 11.6 Å². The average molecular weight is 305 g/mol. The SMILES string of the molecule is COc1cccc2c1nc(CCCl)n2Cc1nccn1C. The molecule has 0 aliphatic heterocycles. The van der Waals surface area contributed by atoms with Crippen LogP contribution in [0.2, 0.25) is 0 Å². The molecular weight excluding hydrogens is 288 g/mol. The number of benzene rings is 1. The zero-order chi connectivity index (χ0) is 14.8. The van der Waals surface area contributed by atoms with E-state index < -0.39 is 0 Å². The Labute approximate surface area is 128 Å². The number of hydrogen-bond donors (Lipinski definition) is 0. The molecule has 0 N–H and O–H groups in total. The fourth-order valence-corrected chi connectivity index (χ4v) is 2.65. The predicted octanol–water partition coefficient (Wildman–Crippen LogP) is 2.61. The van der Waals surface area contributed by atoms with E-state index in [4.69, 9.17) is 21.3 Å². The average Bonchev–Trinajstić information content (AvgIpc) is 3.05. The summed E-state index contributed by atoms with van der Waals surface area (Å²) in [5, 5.41) is 0. The number of nitrogens with zero attached hydrogens (tertiary/aromatic N) is 4. The highest BCUT2D eigenvalue weighted by molar-refractivity contribution is 6.17. The summed E-state index contributed by atoms with van der Waals surface area (Å²) in [5.41, 5.74) is 1.91. The molecule has 0 spiro atoms. The number of para-hydroxylation sites is 1. The third kappa shape index (κ3) is 2.49. The van der Waals surface area contributed by atoms with E-state index in [0.717, 1.165) is 28.4 Å². The van der Waals surface area contributed by atoms with Crippen LogP contribution in [0, 0.1) is 0 Å². The van der Waals surface area contributed by atoms with Crippen molar-refractivity contribution in [2.45, 2.75) is 13.0 Å². The van der Waals surface area contributed by atoms with Crippen molar-refractivity contribution in [1.82, 2.24) is 19.1 Å². The molecular formula is C15H17ClN4O. The minimum atomic E-state index is 0.534. The number of aromatic nitrogens is 4. The van der Waals surface area contributed by atoms with Gasteiger partial charge in [0.2, 0.25) is 0 Å². The highest BCUT2D eigenvalue weighted by Crippen LogP contribution is 2.26. The number of methoxy groups -OCH3 is 1. The fraction of sp³-hybridized carbons (Fsp3) is 0.333. The topological polar surface area (TPSA) is 44.9 Å². The van der Waals surface area contributed by atoms with E-state index >= 15 is 0 Å². The quantitative estimate of drug-likeness (QED) is 0.681. The molecule has 5 nitrogen and oxygen atoms in total. The van der Waals surface area contributed by atoms with Crippen molar-refractivity contribution in [2.75, 3.05) is 13.0 Å². The number of aryl methyl sites for hydroxylation is 2. The fourth-order valence-electron chi connectivity index (χ4n) is 2.48. The summed E-state index contributed by atoms with van der Waals surface area (Å²) in [4.78, 5) is 9.09. The highest BCUT2D eigenvalue weighted by Gasteiger charge is 2.15. The molecule has 0 bridgehead atoms. The lowest BCUT2D eigenvalue weighted by Crippen LogP contribution is -2.09. The Bertz CT molecular complexity index is 762. The van der Waals surface area contributed by atoms with Gasteiger partial charge in [-0.15, -0.1) is 11.6 Å². The van der Waals surface area contributed by atoms with Gasteiger partial charge in [0, 0.05) is 31.7 Å². The molecule has 2 aromatic heterocycles. The van der Waals surface area contributed by atoms with Gasteiger partial charge >= 0.3 is 0 Å². The molecule has 0 saturated heterocycles. The lowest BCUT2D eigenvalue weighted by molar-refractivity contribution is 0.419. The molecule has 0 fully saturated rings. The molecule has 6 heteroatoms. The van der Waals surface area contributed by atoms with Crippen LogP contribution in [0.4, 0.5) is 0 Å². The van der Waals surface area contributed by atoms with Gasteiger partial charge in [0.05, 0.1) is 19.2 Å². The van der Waals surface area contributed by atoms with E-state index in [-0.39, 0.29) is 0 Å². The Morgan fingerprint density at radius 1 is 1.29 bits per heavy atom. The standard InChI is InChI=1S/C15H17ClN4O/c1-19-9-8-17-14(19)10-20-11-4-3-5-12(21-2)15(11)18-13(20)6-7-16/h3-5,8-9H,6-7,10H2,1-2H3. The zero-order valence-electron chi connectivity index (χ0n) is 12.1. The Morgan fingerprint density at radius 3 is 2.81 bits per heavy atom. The van der Waals surface area contributed by atoms with Gasteiger partial charge in [-0.3, -0.25) is 0 Å². The van der Waals surface area contributed by atoms with E-state index in [1.807, 2.05) is 36.0 Å². The van der Waals surface area contributed by atoms with Crippen molar-refractivity contribution in [3.8, 4) is 5.75 Å². The molecule has 0 unspecified atom stereocenters. The minimum absolute atomic E-state index is 0.534. The summed E-state index contributed by atoms with van der Waals surface area (Å²) in [6.45, 7) is 0.666. The Balaban J connectivity index is 2.14. The second-order valence-corrected chi connectivity index (χ2v) is 5.21. The third-order valence-electron chi connectivity index (χ3n) is 3.58. The number of hydrogen-bond acceptors (Lipinski definition) is 3. The van der Waals surface area contributed by atoms with Gasteiger partial charge in [-0.25, -0.2) is 9.97 Å². The molecule has 21 heavy (non-hydrogen) atoms. The molecule has 0 radical (unpaired) electrons. The summed E-state index contributed by atoms with van der Waals surface area (Å²) in [7, 11) is 3.65. The molecule has 0 aliphatic rings. The van der Waals surface area contributed by atoms with Gasteiger partial charge < -0.3 is 13.9 Å². The number of halogens is 1. The first-order valence-electron chi connectivity index (χ1n) is 6.79. The van der Waals surface area contributed by atoms with Gasteiger partial charge in [0.25, 0.3) is 0 Å². The maximum absolute atomic E-state index is 5.92. The molecule has 110 valence electrons. The summed E-state index contributed by atoms with van der Waals surface area (Å²) < 4.78 is 9.57. The van der Waals surface area contributed by atoms with E-state index in [1.54, 1.807) is 13.3 Å². The number of ether oxygens (including phenoxy) is 1. The smallest absolute Gasteiger partial charge is 0.146 e. The monoisotopic (exact) mass is 304 g/mol. The van der Waals surface area contributed by atoms with Crippen LogP contribution in [0.15, 0.2) is 30.6 Å². The largest absolute Gasteiger partial charge is 0.494 e. The van der Waals surface area contributed by atoms with Crippen LogP contribution in [0.3, 0.4) is 0 Å². The summed E-state index contributed by atoms with van der Waals surface area (Å²) in [6, 6.07) is 5.94. The molecule has 2 heterocycles. The van der Waals surface area contributed by atoms with Gasteiger partial charge in [-0.2, -0.15) is 0 Å². The molecule has 1 aromatic carbocycles. The third-order valence-corrected chi connectivity index (χ3v) is 3.77. The molecule has 0 atom stereocenters. The van der Waals surface area contributed by atoms with Crippen molar-refractivity contribution in [1.29, 1.82) is 0 Å². The van der Waals surface area contributed by atoms with E-state index in [0.29, 0.717) is 18.8 Å². The van der Waals surface area contributed by atoms with Crippen molar-refractivity contribution in [2.24, 2.45) is 7.05 Å². The predicted molar refractivity (Wildman–Crippen MR) is 83.0 cm³/mol. The summed E-state index contributed by atoms with van der Waals surface area (Å²) in [6.07, 6.45) is 4.45. The first-order chi connectivity index (χ1) is 10.2. The Kier molecular flexibility index (Phi) is 3.84. The van der Waals surface area contributed by atoms with E-state index in [9.17, 15) is 0 Å². The lowest BCUT2D eigenvalue weighted by Gasteiger charge is -2.08. The number of imidazole rings is 2. The van der Waals surface area contributed by atoms with Gasteiger partial charge in [-0.1, -0.05) is 6.07 Å². The molecule has 0 amide bonds. The second kappa shape index (κ2) is 5.77. The molecule has 3 aromatic rings. The van der Waals surface area contributed by atoms with Crippen LogP contribution in [0.1, 0.15) is 11.6 Å². The van der Waals surface area contributed by atoms with Gasteiger partial charge in [0.1, 0.15) is 22.9 Å². The molecule has 0 saturated carbocycles. The Hall–Kier alpha value is -2.01. The van der Waals surface area contributed by atoms with Crippen LogP contribution in [-0.4, -0.2) is 32.1 Å². The number of rotatable bonds is 5. The minimum Gasteiger partial charge on any atom is -0.494 e. The second-order valence-electron chi connectivity index (χ2n) is 4.84. The van der Waals surface area contributed by atoms with Crippen molar-refractivity contribution in [3.05, 3.63) is 42.2 Å². The maximum atomic E-state index is 5.92. The van der Waals surface area contributed by atoms with Gasteiger partial charge in [0.15, 0.2) is 0 Å². The van der Waals surface area contributed by atoms with E-state index in [2.05, 4.69) is 9.55 Å². The molecule has 0 aliphatic carbocycles. The summed E-state index contributed by atoms with van der Waals surface area (Å²) >= 11 is 5.92. The Morgan fingerprint density at radius 2 is 2.14 bits per heavy atom. The first kappa shape index (κ1) is 13.9. The highest BCUT2D eigenvalue weighted by atomic mass is 35.5. The van der Waals surface area contributed by atoms with Crippen LogP contribution in [0.5, 0.6) is 5.75 Å². The van der Waals surface area contributed by atoms with Crippen molar-refractivity contribution in [3.63, 3.8) is 0 Å². The van der Waals surface area contributed by atoms with Crippen LogP contribution in [-0.2, 0) is 20.0 Å². The van der Waals surface area contributed by atoms with Crippen LogP contribution < -0.4 is 4.74 Å². The number of alkyl halides is 1. The lowest BCUT2D eigenvalue weighted by atomic mass is 10.3. The van der Waals surface area contributed by atoms with Crippen molar-refractivity contribution < 1.29 is 4.74 Å². The van der Waals surface area contributed by atoms with Crippen molar-refractivity contribution >= 4 is 22.6 Å². The molecule has 3 rings (SSSR count). The zero-order valence-corrected chi connectivity index (χ0v) is 12.8. The maximum Gasteiger partial charge on any atom is 0.146 e. The van der Waals surface area contributed by atoms with E-state index in [1.165, 1.54) is 0 Å².